The number of aromatic nitrogens is 2. The number of aryl methyl sites for hydroxylation is 1. The average Bonchev–Trinajstić information content (AvgIpc) is 2.67. The molecular formula is C12H14ClN3O. The minimum atomic E-state index is -0.276. The zero-order valence-corrected chi connectivity index (χ0v) is 10.2. The number of nitrogens with two attached hydrogens (primary N) is 1. The molecule has 1 amide bonds. The van der Waals surface area contributed by atoms with E-state index in [1.165, 1.54) is 0 Å². The van der Waals surface area contributed by atoms with E-state index in [4.69, 9.17) is 17.3 Å². The number of alkyl halides is 1. The van der Waals surface area contributed by atoms with Gasteiger partial charge in [-0.2, -0.15) is 0 Å². The molecule has 2 rings (SSSR count). The predicted octanol–water partition coefficient (Wildman–Crippen LogP) is 2.04. The number of hydrogen-bond donors (Lipinski definition) is 1. The van der Waals surface area contributed by atoms with Crippen LogP contribution in [0, 0.1) is 0 Å². The molecule has 90 valence electrons. The Morgan fingerprint density at radius 1 is 1.41 bits per heavy atom. The highest BCUT2D eigenvalue weighted by molar-refractivity contribution is 6.16. The smallest absolute Gasteiger partial charge is 0.217 e. The molecule has 0 bridgehead atoms. The number of hydrogen-bond acceptors (Lipinski definition) is 2. The molecule has 1 aromatic heterocycles. The predicted molar refractivity (Wildman–Crippen MR) is 67.7 cm³/mol. The minimum absolute atomic E-state index is 0.276. The van der Waals surface area contributed by atoms with E-state index in [-0.39, 0.29) is 5.91 Å². The Kier molecular flexibility index (Phi) is 3.64. The Hall–Kier alpha value is -1.55. The summed E-state index contributed by atoms with van der Waals surface area (Å²) in [4.78, 5) is 15.2. The van der Waals surface area contributed by atoms with Gasteiger partial charge in [0.05, 0.1) is 16.9 Å². The van der Waals surface area contributed by atoms with Gasteiger partial charge in [-0.25, -0.2) is 4.98 Å². The molecule has 5 heteroatoms. The second-order valence-electron chi connectivity index (χ2n) is 3.87. The molecule has 0 atom stereocenters. The number of primary amides is 1. The van der Waals surface area contributed by atoms with Gasteiger partial charge in [0.15, 0.2) is 0 Å². The van der Waals surface area contributed by atoms with Gasteiger partial charge in [0, 0.05) is 13.0 Å². The number of fused-ring (bicyclic) bond motifs is 1. The molecule has 2 N–H and O–H groups in total. The third kappa shape index (κ3) is 2.58. The lowest BCUT2D eigenvalue weighted by atomic mass is 10.3. The first kappa shape index (κ1) is 11.9. The summed E-state index contributed by atoms with van der Waals surface area (Å²) in [7, 11) is 0. The molecule has 0 unspecified atom stereocenters. The number of carbonyl (C=O) groups is 1. The number of rotatable bonds is 5. The van der Waals surface area contributed by atoms with E-state index in [1.54, 1.807) is 0 Å². The first-order chi connectivity index (χ1) is 8.22. The lowest BCUT2D eigenvalue weighted by Crippen LogP contribution is -2.12. The van der Waals surface area contributed by atoms with Crippen molar-refractivity contribution < 1.29 is 4.79 Å². The van der Waals surface area contributed by atoms with E-state index in [0.29, 0.717) is 25.3 Å². The lowest BCUT2D eigenvalue weighted by molar-refractivity contribution is -0.118. The number of halogens is 1. The molecule has 0 saturated heterocycles. The summed E-state index contributed by atoms with van der Waals surface area (Å²) >= 11 is 5.87. The molecule has 0 aliphatic carbocycles. The van der Waals surface area contributed by atoms with E-state index in [9.17, 15) is 4.79 Å². The van der Waals surface area contributed by atoms with Gasteiger partial charge < -0.3 is 10.3 Å². The molecular weight excluding hydrogens is 238 g/mol. The Balaban J connectivity index is 2.27. The summed E-state index contributed by atoms with van der Waals surface area (Å²) in [5.41, 5.74) is 7.11. The summed E-state index contributed by atoms with van der Waals surface area (Å²) in [5.74, 6) is 0.921. The van der Waals surface area contributed by atoms with Crippen LogP contribution >= 0.6 is 11.6 Å². The van der Waals surface area contributed by atoms with Crippen LogP contribution in [0.4, 0.5) is 0 Å². The van der Waals surface area contributed by atoms with E-state index in [1.807, 2.05) is 28.8 Å². The fourth-order valence-corrected chi connectivity index (χ4v) is 2.09. The van der Waals surface area contributed by atoms with Crippen LogP contribution in [0.25, 0.3) is 11.0 Å². The van der Waals surface area contributed by atoms with E-state index < -0.39 is 0 Å². The summed E-state index contributed by atoms with van der Waals surface area (Å²) in [6, 6.07) is 7.87. The molecule has 0 aliphatic rings. The van der Waals surface area contributed by atoms with Gasteiger partial charge in [-0.15, -0.1) is 11.6 Å². The van der Waals surface area contributed by atoms with Gasteiger partial charge in [-0.3, -0.25) is 4.79 Å². The molecule has 0 aliphatic heterocycles. The Bertz CT molecular complexity index is 536. The van der Waals surface area contributed by atoms with Crippen molar-refractivity contribution in [3.8, 4) is 0 Å². The largest absolute Gasteiger partial charge is 0.370 e. The highest BCUT2D eigenvalue weighted by atomic mass is 35.5. The van der Waals surface area contributed by atoms with Crippen LogP contribution in [-0.2, 0) is 17.2 Å². The van der Waals surface area contributed by atoms with Crippen molar-refractivity contribution in [2.24, 2.45) is 5.73 Å². The highest BCUT2D eigenvalue weighted by Crippen LogP contribution is 2.18. The number of para-hydroxylation sites is 2. The van der Waals surface area contributed by atoms with Crippen molar-refractivity contribution in [1.82, 2.24) is 9.55 Å². The molecule has 0 radical (unpaired) electrons. The highest BCUT2D eigenvalue weighted by Gasteiger charge is 2.09. The van der Waals surface area contributed by atoms with Crippen molar-refractivity contribution in [3.63, 3.8) is 0 Å². The minimum Gasteiger partial charge on any atom is -0.370 e. The maximum atomic E-state index is 10.7. The molecule has 17 heavy (non-hydrogen) atoms. The van der Waals surface area contributed by atoms with Crippen LogP contribution in [0.5, 0.6) is 0 Å². The lowest BCUT2D eigenvalue weighted by Gasteiger charge is -2.06. The molecule has 0 saturated carbocycles. The van der Waals surface area contributed by atoms with Crippen LogP contribution in [0.2, 0.25) is 0 Å². The van der Waals surface area contributed by atoms with Gasteiger partial charge in [0.25, 0.3) is 0 Å². The molecule has 1 heterocycles. The molecule has 1 aromatic carbocycles. The van der Waals surface area contributed by atoms with Gasteiger partial charge in [0.1, 0.15) is 5.82 Å². The van der Waals surface area contributed by atoms with Crippen LogP contribution < -0.4 is 5.73 Å². The molecule has 2 aromatic rings. The normalized spacial score (nSPS) is 10.9. The average molecular weight is 252 g/mol. The summed E-state index contributed by atoms with van der Waals surface area (Å²) < 4.78 is 2.05. The monoisotopic (exact) mass is 251 g/mol. The fraction of sp³-hybridized carbons (Fsp3) is 0.333. The first-order valence-electron chi connectivity index (χ1n) is 5.51. The summed E-state index contributed by atoms with van der Waals surface area (Å²) in [6.45, 7) is 0.714. The second kappa shape index (κ2) is 5.19. The van der Waals surface area contributed by atoms with Crippen molar-refractivity contribution in [2.45, 2.75) is 25.3 Å². The van der Waals surface area contributed by atoms with Gasteiger partial charge in [0.2, 0.25) is 5.91 Å². The zero-order chi connectivity index (χ0) is 12.3. The van der Waals surface area contributed by atoms with Crippen molar-refractivity contribution in [3.05, 3.63) is 30.1 Å². The summed E-state index contributed by atoms with van der Waals surface area (Å²) in [6.07, 6.45) is 1.09. The maximum Gasteiger partial charge on any atom is 0.217 e. The van der Waals surface area contributed by atoms with E-state index in [2.05, 4.69) is 4.98 Å². The number of carbonyl (C=O) groups excluding carboxylic acids is 1. The standard InChI is InChI=1S/C12H14ClN3O/c13-8-12-15-9-4-1-2-5-10(9)16(12)7-3-6-11(14)17/h1-2,4-5H,3,6-8H2,(H2,14,17). The van der Waals surface area contributed by atoms with Crippen LogP contribution in [0.3, 0.4) is 0 Å². The quantitative estimate of drug-likeness (QED) is 0.827. The van der Waals surface area contributed by atoms with Gasteiger partial charge >= 0.3 is 0 Å². The van der Waals surface area contributed by atoms with Gasteiger partial charge in [-0.05, 0) is 18.6 Å². The Morgan fingerprint density at radius 2 is 2.18 bits per heavy atom. The number of amides is 1. The topological polar surface area (TPSA) is 60.9 Å². The van der Waals surface area contributed by atoms with E-state index >= 15 is 0 Å². The van der Waals surface area contributed by atoms with Crippen molar-refractivity contribution in [2.75, 3.05) is 0 Å². The van der Waals surface area contributed by atoms with Crippen LogP contribution in [-0.4, -0.2) is 15.5 Å². The molecule has 0 fully saturated rings. The molecule has 0 spiro atoms. The van der Waals surface area contributed by atoms with Gasteiger partial charge in [-0.1, -0.05) is 12.1 Å². The number of imidazole rings is 1. The number of nitrogens with zero attached hydrogens (tertiary/aromatic N) is 2. The third-order valence-electron chi connectivity index (χ3n) is 2.66. The molecule has 4 nitrogen and oxygen atoms in total. The third-order valence-corrected chi connectivity index (χ3v) is 2.90. The SMILES string of the molecule is NC(=O)CCCn1c(CCl)nc2ccccc21. The summed E-state index contributed by atoms with van der Waals surface area (Å²) in [5, 5.41) is 0. The van der Waals surface area contributed by atoms with Crippen molar-refractivity contribution >= 4 is 28.5 Å². The van der Waals surface area contributed by atoms with Crippen molar-refractivity contribution in [1.29, 1.82) is 0 Å². The maximum absolute atomic E-state index is 10.7. The fourth-order valence-electron chi connectivity index (χ4n) is 1.89. The number of benzene rings is 1. The second-order valence-corrected chi connectivity index (χ2v) is 4.14. The van der Waals surface area contributed by atoms with E-state index in [0.717, 1.165) is 16.9 Å². The Morgan fingerprint density at radius 3 is 2.88 bits per heavy atom. The Labute approximate surface area is 104 Å². The first-order valence-corrected chi connectivity index (χ1v) is 6.04. The zero-order valence-electron chi connectivity index (χ0n) is 9.40. The van der Waals surface area contributed by atoms with Crippen LogP contribution in [0.15, 0.2) is 24.3 Å². The van der Waals surface area contributed by atoms with Crippen LogP contribution in [0.1, 0.15) is 18.7 Å².